The van der Waals surface area contributed by atoms with Gasteiger partial charge in [0.05, 0.1) is 26.4 Å². The molecule has 8 nitrogen and oxygen atoms in total. The molecule has 1 aromatic rings. The van der Waals surface area contributed by atoms with Gasteiger partial charge in [-0.15, -0.1) is 0 Å². The molecule has 0 aromatic heterocycles. The first kappa shape index (κ1) is 24.5. The summed E-state index contributed by atoms with van der Waals surface area (Å²) >= 11 is 0. The van der Waals surface area contributed by atoms with E-state index in [4.69, 9.17) is 18.9 Å². The van der Waals surface area contributed by atoms with Crippen LogP contribution in [0, 0.1) is 11.8 Å². The predicted molar refractivity (Wildman–Crippen MR) is 120 cm³/mol. The quantitative estimate of drug-likeness (QED) is 0.361. The van der Waals surface area contributed by atoms with Crippen molar-refractivity contribution in [2.75, 3.05) is 34.0 Å². The van der Waals surface area contributed by atoms with E-state index < -0.39 is 23.8 Å². The van der Waals surface area contributed by atoms with Gasteiger partial charge in [-0.2, -0.15) is 0 Å². The van der Waals surface area contributed by atoms with E-state index in [0.29, 0.717) is 46.9 Å². The van der Waals surface area contributed by atoms with Crippen LogP contribution in [-0.2, 0) is 28.6 Å². The largest absolute Gasteiger partial charge is 0.497 e. The Labute approximate surface area is 193 Å². The van der Waals surface area contributed by atoms with Crippen molar-refractivity contribution < 1.29 is 33.3 Å². The molecular formula is C25H31NO7. The summed E-state index contributed by atoms with van der Waals surface area (Å²) < 4.78 is 21.0. The molecule has 33 heavy (non-hydrogen) atoms. The monoisotopic (exact) mass is 457 g/mol. The molecule has 3 rings (SSSR count). The van der Waals surface area contributed by atoms with E-state index in [1.165, 1.54) is 7.11 Å². The molecule has 1 N–H and O–H groups in total. The number of ether oxygens (including phenoxy) is 4. The zero-order chi connectivity index (χ0) is 24.1. The number of carbonyl (C=O) groups excluding carboxylic acids is 3. The standard InChI is InChI=1S/C25H31NO7/c1-6-32-10-11-33-25(29)20-15(3)26-18-12-14(2)19(24(28)31-5)23(27)22(18)21(20)16-8-7-9-17(13-16)30-4/h7-9,13-14,19,21,26H,6,10-12H2,1-5H3/t14-,19-,21+/m1/s1. The Morgan fingerprint density at radius 3 is 2.61 bits per heavy atom. The second kappa shape index (κ2) is 10.7. The van der Waals surface area contributed by atoms with Crippen LogP contribution in [0.15, 0.2) is 46.8 Å². The average Bonchev–Trinajstić information content (AvgIpc) is 2.80. The lowest BCUT2D eigenvalue weighted by molar-refractivity contribution is -0.151. The number of allylic oxidation sites excluding steroid dienone is 3. The van der Waals surface area contributed by atoms with E-state index in [9.17, 15) is 14.4 Å². The van der Waals surface area contributed by atoms with E-state index >= 15 is 0 Å². The topological polar surface area (TPSA) is 100 Å². The molecule has 1 aliphatic carbocycles. The first-order valence-corrected chi connectivity index (χ1v) is 11.1. The Balaban J connectivity index is 2.09. The number of esters is 2. The van der Waals surface area contributed by atoms with Crippen LogP contribution in [0.2, 0.25) is 0 Å². The fraction of sp³-hybridized carbons (Fsp3) is 0.480. The highest BCUT2D eigenvalue weighted by Crippen LogP contribution is 2.45. The summed E-state index contributed by atoms with van der Waals surface area (Å²) in [5.41, 5.74) is 2.73. The normalized spacial score (nSPS) is 22.5. The minimum Gasteiger partial charge on any atom is -0.497 e. The highest BCUT2D eigenvalue weighted by atomic mass is 16.6. The summed E-state index contributed by atoms with van der Waals surface area (Å²) in [6.45, 7) is 6.39. The average molecular weight is 458 g/mol. The Kier molecular flexibility index (Phi) is 7.92. The van der Waals surface area contributed by atoms with Crippen LogP contribution in [0.4, 0.5) is 0 Å². The van der Waals surface area contributed by atoms with Crippen molar-refractivity contribution in [1.82, 2.24) is 5.32 Å². The van der Waals surface area contributed by atoms with Crippen molar-refractivity contribution >= 4 is 17.7 Å². The van der Waals surface area contributed by atoms with Crippen molar-refractivity contribution in [2.24, 2.45) is 11.8 Å². The number of hydrogen-bond donors (Lipinski definition) is 1. The molecule has 0 spiro atoms. The third-order valence-electron chi connectivity index (χ3n) is 6.06. The van der Waals surface area contributed by atoms with Crippen molar-refractivity contribution in [3.63, 3.8) is 0 Å². The minimum atomic E-state index is -0.933. The maximum absolute atomic E-state index is 13.7. The number of nitrogens with one attached hydrogen (secondary N) is 1. The molecule has 0 saturated heterocycles. The van der Waals surface area contributed by atoms with Crippen molar-refractivity contribution in [3.8, 4) is 5.75 Å². The Hall–Kier alpha value is -3.13. The molecule has 0 radical (unpaired) electrons. The number of Topliss-reactive ketones (excluding diaryl/α,β-unsaturated/α-hetero) is 1. The fourth-order valence-corrected chi connectivity index (χ4v) is 4.52. The minimum absolute atomic E-state index is 0.0932. The molecule has 0 bridgehead atoms. The van der Waals surface area contributed by atoms with Gasteiger partial charge in [-0.25, -0.2) is 4.79 Å². The van der Waals surface area contributed by atoms with Crippen LogP contribution in [0.25, 0.3) is 0 Å². The number of ketones is 1. The van der Waals surface area contributed by atoms with E-state index in [1.54, 1.807) is 32.2 Å². The summed E-state index contributed by atoms with van der Waals surface area (Å²) in [5, 5.41) is 3.24. The van der Waals surface area contributed by atoms with Crippen molar-refractivity contribution in [2.45, 2.75) is 33.1 Å². The Morgan fingerprint density at radius 1 is 1.18 bits per heavy atom. The first-order valence-electron chi connectivity index (χ1n) is 11.1. The molecule has 2 aliphatic rings. The van der Waals surface area contributed by atoms with Crippen LogP contribution < -0.4 is 10.1 Å². The summed E-state index contributed by atoms with van der Waals surface area (Å²) in [4.78, 5) is 39.3. The molecule has 0 amide bonds. The molecule has 8 heteroatoms. The van der Waals surface area contributed by atoms with Gasteiger partial charge in [-0.05, 0) is 43.9 Å². The Morgan fingerprint density at radius 2 is 1.94 bits per heavy atom. The second-order valence-corrected chi connectivity index (χ2v) is 8.14. The van der Waals surface area contributed by atoms with E-state index in [0.717, 1.165) is 0 Å². The van der Waals surface area contributed by atoms with Gasteiger partial charge in [-0.3, -0.25) is 9.59 Å². The number of hydrogen-bond acceptors (Lipinski definition) is 8. The van der Waals surface area contributed by atoms with Gasteiger partial charge in [0.25, 0.3) is 0 Å². The summed E-state index contributed by atoms with van der Waals surface area (Å²) in [6, 6.07) is 7.22. The Bertz CT molecular complexity index is 994. The lowest BCUT2D eigenvalue weighted by Gasteiger charge is -2.38. The maximum Gasteiger partial charge on any atom is 0.336 e. The zero-order valence-electron chi connectivity index (χ0n) is 19.7. The fourth-order valence-electron chi connectivity index (χ4n) is 4.52. The summed E-state index contributed by atoms with van der Waals surface area (Å²) in [6.07, 6.45) is 0.477. The predicted octanol–water partition coefficient (Wildman–Crippen LogP) is 2.89. The van der Waals surface area contributed by atoms with Crippen molar-refractivity contribution in [1.29, 1.82) is 0 Å². The number of rotatable bonds is 8. The molecular weight excluding hydrogens is 426 g/mol. The van der Waals surface area contributed by atoms with Gasteiger partial charge in [0.1, 0.15) is 18.3 Å². The number of dihydropyridines is 1. The van der Waals surface area contributed by atoms with Gasteiger partial charge in [0.2, 0.25) is 0 Å². The van der Waals surface area contributed by atoms with Gasteiger partial charge in [-0.1, -0.05) is 19.1 Å². The smallest absolute Gasteiger partial charge is 0.336 e. The van der Waals surface area contributed by atoms with Crippen molar-refractivity contribution in [3.05, 3.63) is 52.4 Å². The van der Waals surface area contributed by atoms with Gasteiger partial charge in [0.15, 0.2) is 5.78 Å². The highest BCUT2D eigenvalue weighted by molar-refractivity contribution is 6.12. The van der Waals surface area contributed by atoms with E-state index in [-0.39, 0.29) is 24.9 Å². The number of methoxy groups -OCH3 is 2. The van der Waals surface area contributed by atoms with Gasteiger partial charge in [0, 0.05) is 29.5 Å². The third kappa shape index (κ3) is 4.95. The molecule has 1 aliphatic heterocycles. The van der Waals surface area contributed by atoms with Crippen LogP contribution in [-0.4, -0.2) is 51.8 Å². The maximum atomic E-state index is 13.7. The molecule has 0 unspecified atom stereocenters. The summed E-state index contributed by atoms with van der Waals surface area (Å²) in [5.74, 6) is -2.75. The highest BCUT2D eigenvalue weighted by Gasteiger charge is 2.47. The first-order chi connectivity index (χ1) is 15.8. The second-order valence-electron chi connectivity index (χ2n) is 8.14. The van der Waals surface area contributed by atoms with Gasteiger partial charge < -0.3 is 24.3 Å². The van der Waals surface area contributed by atoms with Crippen LogP contribution in [0.5, 0.6) is 5.75 Å². The number of benzene rings is 1. The van der Waals surface area contributed by atoms with E-state index in [2.05, 4.69) is 5.32 Å². The number of carbonyl (C=O) groups is 3. The lowest BCUT2D eigenvalue weighted by atomic mass is 9.69. The molecule has 3 atom stereocenters. The van der Waals surface area contributed by atoms with Crippen LogP contribution >= 0.6 is 0 Å². The molecule has 178 valence electrons. The molecule has 0 saturated carbocycles. The van der Waals surface area contributed by atoms with E-state index in [1.807, 2.05) is 19.9 Å². The molecule has 0 fully saturated rings. The van der Waals surface area contributed by atoms with Gasteiger partial charge >= 0.3 is 11.9 Å². The lowest BCUT2D eigenvalue weighted by Crippen LogP contribution is -2.43. The zero-order valence-corrected chi connectivity index (χ0v) is 19.7. The molecule has 1 aromatic carbocycles. The summed E-state index contributed by atoms with van der Waals surface area (Å²) in [7, 11) is 2.83. The third-order valence-corrected chi connectivity index (χ3v) is 6.06. The SMILES string of the molecule is CCOCCOC(=O)C1=C(C)NC2=C(C(=O)[C@H](C(=O)OC)[C@H](C)C2)[C@H]1c1cccc(OC)c1. The van der Waals surface area contributed by atoms with Crippen LogP contribution in [0.1, 0.15) is 38.7 Å². The van der Waals surface area contributed by atoms with Crippen LogP contribution in [0.3, 0.4) is 0 Å². The molecule has 1 heterocycles.